The SMILES string of the molecule is CCCC1(C)C2=CCC3(C)C(C(=O)CN(N)/C=N\N)CCC3C2CCC1CC. The van der Waals surface area contributed by atoms with Gasteiger partial charge in [-0.25, -0.2) is 5.84 Å². The second-order valence-corrected chi connectivity index (χ2v) is 9.97. The lowest BCUT2D eigenvalue weighted by Crippen LogP contribution is -2.48. The van der Waals surface area contributed by atoms with E-state index in [0.29, 0.717) is 17.3 Å². The summed E-state index contributed by atoms with van der Waals surface area (Å²) in [5.74, 6) is 13.4. The first-order valence-corrected chi connectivity index (χ1v) is 11.3. The molecule has 0 aromatic rings. The Morgan fingerprint density at radius 1 is 1.29 bits per heavy atom. The van der Waals surface area contributed by atoms with Crippen LogP contribution in [0.15, 0.2) is 16.8 Å². The summed E-state index contributed by atoms with van der Waals surface area (Å²) in [6.45, 7) is 9.77. The summed E-state index contributed by atoms with van der Waals surface area (Å²) in [7, 11) is 0. The average Bonchev–Trinajstić information content (AvgIpc) is 2.99. The predicted molar refractivity (Wildman–Crippen MR) is 115 cm³/mol. The number of carbonyl (C=O) groups excluding carboxylic acids is 1. The molecule has 28 heavy (non-hydrogen) atoms. The van der Waals surface area contributed by atoms with E-state index < -0.39 is 0 Å². The number of ketones is 1. The number of allylic oxidation sites excluding steroid dienone is 2. The molecule has 3 rings (SSSR count). The second-order valence-electron chi connectivity index (χ2n) is 9.97. The van der Waals surface area contributed by atoms with Crippen molar-refractivity contribution < 1.29 is 4.79 Å². The Morgan fingerprint density at radius 2 is 2.04 bits per heavy atom. The van der Waals surface area contributed by atoms with Gasteiger partial charge in [-0.05, 0) is 67.1 Å². The monoisotopic (exact) mass is 388 g/mol. The van der Waals surface area contributed by atoms with Crippen molar-refractivity contribution in [2.24, 2.45) is 51.3 Å². The third kappa shape index (κ3) is 3.40. The first-order valence-electron chi connectivity index (χ1n) is 11.3. The van der Waals surface area contributed by atoms with Crippen molar-refractivity contribution >= 4 is 12.1 Å². The summed E-state index contributed by atoms with van der Waals surface area (Å²) >= 11 is 0. The molecule has 0 heterocycles. The van der Waals surface area contributed by atoms with Gasteiger partial charge in [0.1, 0.15) is 6.34 Å². The molecule has 158 valence electrons. The van der Waals surface area contributed by atoms with Gasteiger partial charge in [-0.3, -0.25) is 9.80 Å². The number of hydrogen-bond donors (Lipinski definition) is 2. The molecule has 0 radical (unpaired) electrons. The number of carbonyl (C=O) groups is 1. The predicted octanol–water partition coefficient (Wildman–Crippen LogP) is 4.24. The number of fused-ring (bicyclic) bond motifs is 3. The summed E-state index contributed by atoms with van der Waals surface area (Å²) < 4.78 is 0. The fourth-order valence-corrected chi connectivity index (χ4v) is 7.33. The molecule has 5 nitrogen and oxygen atoms in total. The van der Waals surface area contributed by atoms with E-state index in [2.05, 4.69) is 38.9 Å². The molecule has 3 aliphatic rings. The van der Waals surface area contributed by atoms with Crippen molar-refractivity contribution in [3.8, 4) is 0 Å². The number of nitrogens with two attached hydrogens (primary N) is 2. The molecule has 0 bridgehead atoms. The van der Waals surface area contributed by atoms with E-state index in [0.717, 1.165) is 18.8 Å². The summed E-state index contributed by atoms with van der Waals surface area (Å²) in [4.78, 5) is 13.0. The van der Waals surface area contributed by atoms with Crippen LogP contribution in [0.4, 0.5) is 0 Å². The minimum atomic E-state index is 0.0676. The summed E-state index contributed by atoms with van der Waals surface area (Å²) in [6.07, 6.45) is 13.5. The maximum absolute atomic E-state index is 13.0. The Labute approximate surface area is 170 Å². The fraction of sp³-hybridized carbons (Fsp3) is 0.826. The number of rotatable bonds is 7. The Kier molecular flexibility index (Phi) is 6.23. The Morgan fingerprint density at radius 3 is 2.68 bits per heavy atom. The average molecular weight is 389 g/mol. The summed E-state index contributed by atoms with van der Waals surface area (Å²) in [6, 6.07) is 0. The van der Waals surface area contributed by atoms with Gasteiger partial charge in [0.05, 0.1) is 6.54 Å². The topological polar surface area (TPSA) is 84.7 Å². The van der Waals surface area contributed by atoms with E-state index in [1.54, 1.807) is 5.57 Å². The van der Waals surface area contributed by atoms with Crippen LogP contribution in [0.1, 0.15) is 79.1 Å². The molecule has 0 amide bonds. The zero-order valence-electron chi connectivity index (χ0n) is 18.3. The van der Waals surface area contributed by atoms with Gasteiger partial charge in [-0.1, -0.05) is 52.2 Å². The Balaban J connectivity index is 1.86. The lowest BCUT2D eigenvalue weighted by Gasteiger charge is -2.54. The highest BCUT2D eigenvalue weighted by Crippen LogP contribution is 2.64. The van der Waals surface area contributed by atoms with Crippen molar-refractivity contribution in [3.63, 3.8) is 0 Å². The molecule has 6 unspecified atom stereocenters. The van der Waals surface area contributed by atoms with E-state index in [1.165, 1.54) is 49.9 Å². The van der Waals surface area contributed by atoms with Crippen LogP contribution in [0.3, 0.4) is 0 Å². The molecule has 0 spiro atoms. The van der Waals surface area contributed by atoms with E-state index >= 15 is 0 Å². The fourth-order valence-electron chi connectivity index (χ4n) is 7.33. The number of hydrazine groups is 1. The van der Waals surface area contributed by atoms with Gasteiger partial charge >= 0.3 is 0 Å². The number of Topliss-reactive ketones (excluding diaryl/α,β-unsaturated/α-hetero) is 1. The highest BCUT2D eigenvalue weighted by molar-refractivity contribution is 5.85. The Hall–Kier alpha value is -1.36. The van der Waals surface area contributed by atoms with Gasteiger partial charge in [-0.15, -0.1) is 0 Å². The highest BCUT2D eigenvalue weighted by atomic mass is 16.1. The van der Waals surface area contributed by atoms with Gasteiger partial charge in [0.2, 0.25) is 0 Å². The van der Waals surface area contributed by atoms with Crippen LogP contribution in [-0.2, 0) is 4.79 Å². The van der Waals surface area contributed by atoms with E-state index in [-0.39, 0.29) is 23.7 Å². The van der Waals surface area contributed by atoms with Crippen LogP contribution in [0.2, 0.25) is 0 Å². The zero-order chi connectivity index (χ0) is 20.5. The van der Waals surface area contributed by atoms with Crippen LogP contribution >= 0.6 is 0 Å². The largest absolute Gasteiger partial charge is 0.322 e. The number of hydrogen-bond acceptors (Lipinski definition) is 4. The van der Waals surface area contributed by atoms with Gasteiger partial charge < -0.3 is 5.84 Å². The molecule has 0 aromatic heterocycles. The minimum Gasteiger partial charge on any atom is -0.322 e. The van der Waals surface area contributed by atoms with Crippen LogP contribution in [-0.4, -0.2) is 23.7 Å². The standard InChI is InChI=1S/C23H40N4O/c1-5-12-22(3)16(6-2)7-8-17-18-9-10-20(21(28)14-27(25)15-26-24)23(18,4)13-11-19(17)22/h11,15-18,20H,5-10,12-14,24-25H2,1-4H3/b26-15-. The van der Waals surface area contributed by atoms with Crippen LogP contribution in [0, 0.1) is 34.5 Å². The van der Waals surface area contributed by atoms with Gasteiger partial charge in [0.25, 0.3) is 0 Å². The molecule has 5 heteroatoms. The molecular weight excluding hydrogens is 348 g/mol. The normalized spacial score (nSPS) is 40.1. The highest BCUT2D eigenvalue weighted by Gasteiger charge is 2.57. The van der Waals surface area contributed by atoms with E-state index in [4.69, 9.17) is 11.7 Å². The zero-order valence-corrected chi connectivity index (χ0v) is 18.3. The van der Waals surface area contributed by atoms with E-state index in [9.17, 15) is 4.79 Å². The van der Waals surface area contributed by atoms with Gasteiger partial charge in [0, 0.05) is 5.92 Å². The number of hydrazone groups is 1. The lowest BCUT2D eigenvalue weighted by atomic mass is 9.50. The van der Waals surface area contributed by atoms with E-state index in [1.807, 2.05) is 0 Å². The molecule has 0 saturated heterocycles. The van der Waals surface area contributed by atoms with Gasteiger partial charge in [-0.2, -0.15) is 5.10 Å². The van der Waals surface area contributed by atoms with Crippen molar-refractivity contribution in [2.45, 2.75) is 79.1 Å². The first-order chi connectivity index (χ1) is 13.3. The first kappa shape index (κ1) is 21.4. The molecule has 2 fully saturated rings. The molecule has 6 atom stereocenters. The van der Waals surface area contributed by atoms with Crippen LogP contribution in [0.25, 0.3) is 0 Å². The van der Waals surface area contributed by atoms with Crippen molar-refractivity contribution in [2.75, 3.05) is 6.54 Å². The molecular formula is C23H40N4O. The minimum absolute atomic E-state index is 0.0676. The molecule has 0 aliphatic heterocycles. The summed E-state index contributed by atoms with van der Waals surface area (Å²) in [5.41, 5.74) is 2.15. The number of nitrogens with zero attached hydrogens (tertiary/aromatic N) is 2. The van der Waals surface area contributed by atoms with Crippen molar-refractivity contribution in [1.29, 1.82) is 0 Å². The second kappa shape index (κ2) is 8.17. The molecule has 3 aliphatic carbocycles. The lowest BCUT2D eigenvalue weighted by molar-refractivity contribution is -0.127. The Bertz CT molecular complexity index is 645. The molecule has 2 saturated carbocycles. The quantitative estimate of drug-likeness (QED) is 0.225. The van der Waals surface area contributed by atoms with Crippen LogP contribution in [0.5, 0.6) is 0 Å². The third-order valence-electron chi connectivity index (χ3n) is 8.65. The maximum Gasteiger partial charge on any atom is 0.157 e. The maximum atomic E-state index is 13.0. The third-order valence-corrected chi connectivity index (χ3v) is 8.65. The van der Waals surface area contributed by atoms with Gasteiger partial charge in [0.15, 0.2) is 5.78 Å². The molecule has 0 aromatic carbocycles. The van der Waals surface area contributed by atoms with Crippen LogP contribution < -0.4 is 11.7 Å². The van der Waals surface area contributed by atoms with Crippen molar-refractivity contribution in [3.05, 3.63) is 11.6 Å². The summed E-state index contributed by atoms with van der Waals surface area (Å²) in [5, 5.41) is 4.74. The molecule has 4 N–H and O–H groups in total. The van der Waals surface area contributed by atoms with Crippen molar-refractivity contribution in [1.82, 2.24) is 5.01 Å². The smallest absolute Gasteiger partial charge is 0.157 e.